The second-order valence-electron chi connectivity index (χ2n) is 0. The van der Waals surface area contributed by atoms with E-state index in [4.69, 9.17) is 0 Å². The van der Waals surface area contributed by atoms with Gasteiger partial charge in [-0.15, -0.1) is 0 Å². The van der Waals surface area contributed by atoms with Gasteiger partial charge in [-0.25, -0.2) is 0 Å². The molecule has 0 amide bonds. The van der Waals surface area contributed by atoms with E-state index in [9.17, 15) is 0 Å². The minimum absolute atomic E-state index is 0. The molecular formula is H2NaNdOW. The van der Waals surface area contributed by atoms with Gasteiger partial charge in [-0.1, -0.05) is 0 Å². The van der Waals surface area contributed by atoms with Gasteiger partial charge in [0.15, 0.2) is 0 Å². The summed E-state index contributed by atoms with van der Waals surface area (Å²) in [6, 6.07) is 0. The van der Waals surface area contributed by atoms with Crippen molar-refractivity contribution in [3.8, 4) is 0 Å². The van der Waals surface area contributed by atoms with E-state index < -0.39 is 0 Å². The van der Waals surface area contributed by atoms with Crippen molar-refractivity contribution in [1.29, 1.82) is 0 Å². The average Bonchev–Trinajstić information content (AvgIpc) is 0. The van der Waals surface area contributed by atoms with E-state index in [0.29, 0.717) is 0 Å². The Balaban J connectivity index is 0. The number of hydrogen-bond acceptors (Lipinski definition) is 0. The van der Waals surface area contributed by atoms with E-state index in [0.717, 1.165) is 0 Å². The first kappa shape index (κ1) is 28.0. The van der Waals surface area contributed by atoms with E-state index in [-0.39, 0.29) is 96.9 Å². The third-order valence-electron chi connectivity index (χ3n) is 0. The Kier molecular flexibility index (Phi) is 117. The van der Waals surface area contributed by atoms with E-state index >= 15 is 0 Å². The molecule has 0 aliphatic rings. The fourth-order valence-electron chi connectivity index (χ4n) is 0. The van der Waals surface area contributed by atoms with Crippen LogP contribution in [0, 0.1) is 40.8 Å². The second-order valence-corrected chi connectivity index (χ2v) is 0. The summed E-state index contributed by atoms with van der Waals surface area (Å²) in [6.45, 7) is 0. The van der Waals surface area contributed by atoms with Crippen molar-refractivity contribution in [2.45, 2.75) is 0 Å². The molecule has 0 fully saturated rings. The third kappa shape index (κ3) is 8.89. The summed E-state index contributed by atoms with van der Waals surface area (Å²) < 4.78 is 0. The fraction of sp³-hybridized carbons (Fsp3) is 0. The molecule has 0 aromatic heterocycles. The summed E-state index contributed by atoms with van der Waals surface area (Å²) in [7, 11) is 0. The standard InChI is InChI=1S/Na.Nd.H2O.W/h;;1H2;. The van der Waals surface area contributed by atoms with Gasteiger partial charge in [0.2, 0.25) is 0 Å². The van der Waals surface area contributed by atoms with Crippen molar-refractivity contribution < 1.29 is 67.4 Å². The number of hydrogen-bond donors (Lipinski definition) is 0. The van der Waals surface area contributed by atoms with Crippen LogP contribution in [0.2, 0.25) is 0 Å². The van der Waals surface area contributed by atoms with Crippen molar-refractivity contribution in [3.63, 3.8) is 0 Å². The molecule has 0 rings (SSSR count). The van der Waals surface area contributed by atoms with E-state index in [1.165, 1.54) is 0 Å². The molecule has 2 N–H and O–H groups in total. The maximum Gasteiger partial charge on any atom is 0 e. The monoisotopic (exact) mass is 367 g/mol. The van der Waals surface area contributed by atoms with Crippen molar-refractivity contribution in [1.82, 2.24) is 0 Å². The predicted octanol–water partition coefficient (Wildman–Crippen LogP) is -1.21. The van der Waals surface area contributed by atoms with Gasteiger partial charge in [0.05, 0.1) is 0 Å². The zero-order chi connectivity index (χ0) is 0. The minimum Gasteiger partial charge on any atom is -0.412 e. The molecule has 0 heterocycles. The molecule has 19 valence electrons. The van der Waals surface area contributed by atoms with Gasteiger partial charge in [-0.2, -0.15) is 0 Å². The summed E-state index contributed by atoms with van der Waals surface area (Å²) in [5.41, 5.74) is 0. The van der Waals surface area contributed by atoms with E-state index in [1.807, 2.05) is 0 Å². The van der Waals surface area contributed by atoms with Gasteiger partial charge in [-0.3, -0.25) is 0 Å². The van der Waals surface area contributed by atoms with Crippen LogP contribution in [0.25, 0.3) is 0 Å². The van der Waals surface area contributed by atoms with Crippen LogP contribution in [-0.2, 0) is 21.1 Å². The topological polar surface area (TPSA) is 31.5 Å². The van der Waals surface area contributed by atoms with Crippen LogP contribution in [0.5, 0.6) is 0 Å². The summed E-state index contributed by atoms with van der Waals surface area (Å²) >= 11 is 0. The van der Waals surface area contributed by atoms with Crippen molar-refractivity contribution in [3.05, 3.63) is 0 Å². The molecule has 0 saturated carbocycles. The molecule has 0 spiro atoms. The SMILES string of the molecule is O.[Na].[Nd].[W]. The van der Waals surface area contributed by atoms with E-state index in [2.05, 4.69) is 0 Å². The molecule has 0 saturated heterocycles. The normalized spacial score (nSPS) is 0. The summed E-state index contributed by atoms with van der Waals surface area (Å²) in [5.74, 6) is 0. The molecule has 4 heavy (non-hydrogen) atoms. The van der Waals surface area contributed by atoms with Crippen LogP contribution in [0.1, 0.15) is 0 Å². The maximum atomic E-state index is 0. The predicted molar refractivity (Wildman–Crippen MR) is 9.37 cm³/mol. The van der Waals surface area contributed by atoms with Crippen molar-refractivity contribution >= 4 is 29.6 Å². The molecule has 4 heteroatoms. The van der Waals surface area contributed by atoms with Gasteiger partial charge in [0, 0.05) is 91.5 Å². The Bertz CT molecular complexity index is 8.00. The quantitative estimate of drug-likeness (QED) is 0.481. The molecule has 0 aromatic rings. The summed E-state index contributed by atoms with van der Waals surface area (Å²) in [6.07, 6.45) is 0. The first-order valence-electron chi connectivity index (χ1n) is 0. The maximum absolute atomic E-state index is 0. The molecular weight excluding hydrogens is 367 g/mol. The Morgan fingerprint density at radius 3 is 1.00 bits per heavy atom. The van der Waals surface area contributed by atoms with Gasteiger partial charge in [0.25, 0.3) is 0 Å². The average molecular weight is 369 g/mol. The van der Waals surface area contributed by atoms with Gasteiger partial charge >= 0.3 is 0 Å². The Morgan fingerprint density at radius 1 is 1.00 bits per heavy atom. The molecule has 0 aromatic carbocycles. The molecule has 0 unspecified atom stereocenters. The third-order valence-corrected chi connectivity index (χ3v) is 0. The number of rotatable bonds is 0. The first-order chi connectivity index (χ1) is 0. The Labute approximate surface area is 94.7 Å². The van der Waals surface area contributed by atoms with Crippen LogP contribution in [-0.4, -0.2) is 35.0 Å². The van der Waals surface area contributed by atoms with E-state index in [1.54, 1.807) is 0 Å². The van der Waals surface area contributed by atoms with Gasteiger partial charge in [0.1, 0.15) is 0 Å². The van der Waals surface area contributed by atoms with Crippen LogP contribution in [0.4, 0.5) is 0 Å². The molecule has 0 aliphatic carbocycles. The van der Waals surface area contributed by atoms with Crippen LogP contribution in [0.15, 0.2) is 0 Å². The van der Waals surface area contributed by atoms with Crippen LogP contribution < -0.4 is 0 Å². The van der Waals surface area contributed by atoms with Crippen LogP contribution in [0.3, 0.4) is 0 Å². The fourth-order valence-corrected chi connectivity index (χ4v) is 0. The summed E-state index contributed by atoms with van der Waals surface area (Å²) in [5, 5.41) is 0. The minimum atomic E-state index is 0. The molecule has 1 radical (unpaired) electrons. The second kappa shape index (κ2) is 16.7. The van der Waals surface area contributed by atoms with Crippen molar-refractivity contribution in [2.75, 3.05) is 0 Å². The molecule has 0 bridgehead atoms. The van der Waals surface area contributed by atoms with Crippen LogP contribution >= 0.6 is 0 Å². The molecule has 1 nitrogen and oxygen atoms in total. The first-order valence-corrected chi connectivity index (χ1v) is 0. The Hall–Kier alpha value is 3.00. The zero-order valence-corrected chi connectivity index (χ0v) is 10.5. The van der Waals surface area contributed by atoms with Gasteiger partial charge in [-0.05, 0) is 0 Å². The molecule has 0 atom stereocenters. The Morgan fingerprint density at radius 2 is 1.00 bits per heavy atom. The molecule has 0 aliphatic heterocycles. The smallest absolute Gasteiger partial charge is 0 e. The van der Waals surface area contributed by atoms with Crippen molar-refractivity contribution in [2.24, 2.45) is 0 Å². The zero-order valence-electron chi connectivity index (χ0n) is 2.41. The largest absolute Gasteiger partial charge is 0.412 e. The summed E-state index contributed by atoms with van der Waals surface area (Å²) in [4.78, 5) is 0. The van der Waals surface area contributed by atoms with Gasteiger partial charge < -0.3 is 5.48 Å².